The molecule has 112 valence electrons. The number of hydrogen-bond acceptors (Lipinski definition) is 3. The summed E-state index contributed by atoms with van der Waals surface area (Å²) in [5, 5.41) is 3.12. The Bertz CT molecular complexity index is 614. The second-order valence-corrected chi connectivity index (χ2v) is 4.90. The van der Waals surface area contributed by atoms with E-state index in [0.29, 0.717) is 6.61 Å². The molecule has 0 amide bonds. The number of rotatable bonds is 6. The molecule has 3 nitrogen and oxygen atoms in total. The lowest BCUT2D eigenvalue weighted by atomic mass is 10.1. The molecular formula is C17H20FNO2. The van der Waals surface area contributed by atoms with E-state index in [0.717, 1.165) is 23.4 Å². The first-order valence-corrected chi connectivity index (χ1v) is 6.83. The maximum Gasteiger partial charge on any atom is 0.165 e. The van der Waals surface area contributed by atoms with E-state index in [2.05, 4.69) is 11.4 Å². The van der Waals surface area contributed by atoms with Gasteiger partial charge in [-0.2, -0.15) is 0 Å². The van der Waals surface area contributed by atoms with Gasteiger partial charge in [-0.3, -0.25) is 0 Å². The Balaban J connectivity index is 2.10. The first-order chi connectivity index (χ1) is 10.1. The number of aryl methyl sites for hydroxylation is 1. The highest BCUT2D eigenvalue weighted by molar-refractivity contribution is 5.37. The molecule has 0 aliphatic heterocycles. The Morgan fingerprint density at radius 3 is 2.52 bits per heavy atom. The van der Waals surface area contributed by atoms with Gasteiger partial charge in [0.1, 0.15) is 12.4 Å². The highest BCUT2D eigenvalue weighted by Gasteiger charge is 2.06. The van der Waals surface area contributed by atoms with E-state index >= 15 is 0 Å². The minimum atomic E-state index is -0.377. The highest BCUT2D eigenvalue weighted by atomic mass is 19.1. The number of hydrogen-bond donors (Lipinski definition) is 1. The Kier molecular flexibility index (Phi) is 5.17. The molecule has 2 aromatic rings. The molecule has 2 aromatic carbocycles. The molecular weight excluding hydrogens is 269 g/mol. The van der Waals surface area contributed by atoms with E-state index in [4.69, 9.17) is 9.47 Å². The third kappa shape index (κ3) is 3.95. The summed E-state index contributed by atoms with van der Waals surface area (Å²) in [5.41, 5.74) is 3.04. The number of halogens is 1. The molecule has 0 radical (unpaired) electrons. The Morgan fingerprint density at radius 2 is 1.86 bits per heavy atom. The Labute approximate surface area is 124 Å². The maximum atomic E-state index is 13.6. The number of ether oxygens (including phenoxy) is 2. The van der Waals surface area contributed by atoms with Crippen LogP contribution in [-0.4, -0.2) is 14.2 Å². The normalized spacial score (nSPS) is 10.5. The van der Waals surface area contributed by atoms with Crippen molar-refractivity contribution in [2.45, 2.75) is 20.1 Å². The van der Waals surface area contributed by atoms with Gasteiger partial charge in [-0.1, -0.05) is 23.8 Å². The van der Waals surface area contributed by atoms with Crippen LogP contribution < -0.4 is 14.8 Å². The van der Waals surface area contributed by atoms with Gasteiger partial charge in [0.15, 0.2) is 11.6 Å². The SMILES string of the molecule is CNCc1cc(C)ccc1OCc1ccc(OC)c(F)c1. The van der Waals surface area contributed by atoms with Gasteiger partial charge >= 0.3 is 0 Å². The van der Waals surface area contributed by atoms with E-state index in [1.54, 1.807) is 12.1 Å². The summed E-state index contributed by atoms with van der Waals surface area (Å²) in [6, 6.07) is 10.9. The van der Waals surface area contributed by atoms with Crippen LogP contribution >= 0.6 is 0 Å². The molecule has 0 spiro atoms. The van der Waals surface area contributed by atoms with E-state index in [1.165, 1.54) is 18.7 Å². The van der Waals surface area contributed by atoms with Crippen LogP contribution in [-0.2, 0) is 13.2 Å². The quantitative estimate of drug-likeness (QED) is 0.883. The Hall–Kier alpha value is -2.07. The molecule has 4 heteroatoms. The molecule has 0 aliphatic rings. The Morgan fingerprint density at radius 1 is 1.10 bits per heavy atom. The average Bonchev–Trinajstić information content (AvgIpc) is 2.47. The molecule has 0 fully saturated rings. The highest BCUT2D eigenvalue weighted by Crippen LogP contribution is 2.23. The van der Waals surface area contributed by atoms with Crippen molar-refractivity contribution in [3.05, 3.63) is 58.9 Å². The van der Waals surface area contributed by atoms with Crippen LogP contribution in [0, 0.1) is 12.7 Å². The van der Waals surface area contributed by atoms with Gasteiger partial charge in [0.25, 0.3) is 0 Å². The molecule has 21 heavy (non-hydrogen) atoms. The van der Waals surface area contributed by atoms with Gasteiger partial charge in [-0.15, -0.1) is 0 Å². The zero-order valence-electron chi connectivity index (χ0n) is 12.6. The minimum Gasteiger partial charge on any atom is -0.494 e. The van der Waals surface area contributed by atoms with Crippen molar-refractivity contribution >= 4 is 0 Å². The van der Waals surface area contributed by atoms with Crippen LogP contribution in [0.1, 0.15) is 16.7 Å². The van der Waals surface area contributed by atoms with Crippen molar-refractivity contribution in [1.29, 1.82) is 0 Å². The van der Waals surface area contributed by atoms with Gasteiger partial charge in [0.05, 0.1) is 7.11 Å². The van der Waals surface area contributed by atoms with Crippen molar-refractivity contribution in [2.75, 3.05) is 14.2 Å². The van der Waals surface area contributed by atoms with Gasteiger partial charge in [-0.05, 0) is 37.7 Å². The number of benzene rings is 2. The van der Waals surface area contributed by atoms with Crippen molar-refractivity contribution in [1.82, 2.24) is 5.32 Å². The molecule has 0 aliphatic carbocycles. The van der Waals surface area contributed by atoms with E-state index < -0.39 is 0 Å². The molecule has 0 unspecified atom stereocenters. The monoisotopic (exact) mass is 289 g/mol. The molecule has 0 aromatic heterocycles. The first kappa shape index (κ1) is 15.3. The van der Waals surface area contributed by atoms with E-state index in [9.17, 15) is 4.39 Å². The smallest absolute Gasteiger partial charge is 0.165 e. The van der Waals surface area contributed by atoms with Crippen molar-refractivity contribution in [3.8, 4) is 11.5 Å². The summed E-state index contributed by atoms with van der Waals surface area (Å²) in [7, 11) is 3.34. The molecule has 0 heterocycles. The van der Waals surface area contributed by atoms with Gasteiger partial charge in [0.2, 0.25) is 0 Å². The molecule has 0 saturated heterocycles. The summed E-state index contributed by atoms with van der Waals surface area (Å²) >= 11 is 0. The molecule has 0 bridgehead atoms. The zero-order chi connectivity index (χ0) is 15.2. The van der Waals surface area contributed by atoms with Crippen LogP contribution in [0.3, 0.4) is 0 Å². The van der Waals surface area contributed by atoms with Crippen LogP contribution in [0.25, 0.3) is 0 Å². The summed E-state index contributed by atoms with van der Waals surface area (Å²) in [4.78, 5) is 0. The lowest BCUT2D eigenvalue weighted by Gasteiger charge is -2.13. The van der Waals surface area contributed by atoms with Gasteiger partial charge < -0.3 is 14.8 Å². The van der Waals surface area contributed by atoms with Crippen LogP contribution in [0.4, 0.5) is 4.39 Å². The standard InChI is InChI=1S/C17H20FNO2/c1-12-4-6-16(14(8-12)10-19-2)21-11-13-5-7-17(20-3)15(18)9-13/h4-9,19H,10-11H2,1-3H3. The fourth-order valence-corrected chi connectivity index (χ4v) is 2.14. The second kappa shape index (κ2) is 7.09. The minimum absolute atomic E-state index is 0.241. The average molecular weight is 289 g/mol. The zero-order valence-corrected chi connectivity index (χ0v) is 12.6. The first-order valence-electron chi connectivity index (χ1n) is 6.83. The molecule has 0 saturated carbocycles. The third-order valence-electron chi connectivity index (χ3n) is 3.19. The fraction of sp³-hybridized carbons (Fsp3) is 0.294. The summed E-state index contributed by atoms with van der Waals surface area (Å²) < 4.78 is 24.4. The van der Waals surface area contributed by atoms with Gasteiger partial charge in [-0.25, -0.2) is 4.39 Å². The van der Waals surface area contributed by atoms with Crippen molar-refractivity contribution < 1.29 is 13.9 Å². The predicted octanol–water partition coefficient (Wildman–Crippen LogP) is 3.44. The van der Waals surface area contributed by atoms with Crippen LogP contribution in [0.15, 0.2) is 36.4 Å². The van der Waals surface area contributed by atoms with E-state index in [1.807, 2.05) is 26.1 Å². The van der Waals surface area contributed by atoms with Crippen molar-refractivity contribution in [2.24, 2.45) is 0 Å². The van der Waals surface area contributed by atoms with Crippen molar-refractivity contribution in [3.63, 3.8) is 0 Å². The maximum absolute atomic E-state index is 13.6. The fourth-order valence-electron chi connectivity index (χ4n) is 2.14. The topological polar surface area (TPSA) is 30.5 Å². The summed E-state index contributed by atoms with van der Waals surface area (Å²) in [6.07, 6.45) is 0. The third-order valence-corrected chi connectivity index (χ3v) is 3.19. The van der Waals surface area contributed by atoms with Crippen LogP contribution in [0.2, 0.25) is 0 Å². The second-order valence-electron chi connectivity index (χ2n) is 4.90. The molecule has 0 atom stereocenters. The number of nitrogens with one attached hydrogen (secondary N) is 1. The molecule has 2 rings (SSSR count). The lowest BCUT2D eigenvalue weighted by Crippen LogP contribution is -2.08. The summed E-state index contributed by atoms with van der Waals surface area (Å²) in [6.45, 7) is 3.09. The van der Waals surface area contributed by atoms with E-state index in [-0.39, 0.29) is 11.6 Å². The largest absolute Gasteiger partial charge is 0.494 e. The summed E-state index contributed by atoms with van der Waals surface area (Å²) in [5.74, 6) is 0.675. The lowest BCUT2D eigenvalue weighted by molar-refractivity contribution is 0.301. The number of methoxy groups -OCH3 is 1. The van der Waals surface area contributed by atoms with Crippen LogP contribution in [0.5, 0.6) is 11.5 Å². The molecule has 1 N–H and O–H groups in total. The predicted molar refractivity (Wildman–Crippen MR) is 81.2 cm³/mol. The van der Waals surface area contributed by atoms with Gasteiger partial charge in [0, 0.05) is 12.1 Å².